The Kier molecular flexibility index (Phi) is 3.98. The van der Waals surface area contributed by atoms with Crippen molar-refractivity contribution in [1.29, 1.82) is 0 Å². The van der Waals surface area contributed by atoms with Crippen molar-refractivity contribution in [3.63, 3.8) is 0 Å². The highest BCUT2D eigenvalue weighted by Gasteiger charge is 2.31. The maximum atomic E-state index is 12.1. The molecule has 0 saturated carbocycles. The van der Waals surface area contributed by atoms with E-state index in [0.717, 1.165) is 25.1 Å². The van der Waals surface area contributed by atoms with Gasteiger partial charge in [0.1, 0.15) is 0 Å². The molecule has 7 nitrogen and oxygen atoms in total. The van der Waals surface area contributed by atoms with Crippen molar-refractivity contribution in [1.82, 2.24) is 20.0 Å². The zero-order valence-corrected chi connectivity index (χ0v) is 12.8. The Labute approximate surface area is 126 Å². The summed E-state index contributed by atoms with van der Waals surface area (Å²) in [6.07, 6.45) is 1.98. The summed E-state index contributed by atoms with van der Waals surface area (Å²) in [7, 11) is 0. The molecule has 1 N–H and O–H groups in total. The standard InChI is InChI=1S/C13H17N5O2S/c1-8-7-21-13(14-8)16-11(19)6-18-5-3-4-10(18)12-15-9(2)20-17-12/h7,10H,3-6H2,1-2H3,(H,14,16,19). The lowest BCUT2D eigenvalue weighted by atomic mass is 10.2. The summed E-state index contributed by atoms with van der Waals surface area (Å²) in [6, 6.07) is 0.0613. The molecule has 3 rings (SSSR count). The van der Waals surface area contributed by atoms with E-state index in [9.17, 15) is 4.79 Å². The molecule has 0 aromatic carbocycles. The Morgan fingerprint density at radius 2 is 2.38 bits per heavy atom. The van der Waals surface area contributed by atoms with Gasteiger partial charge in [-0.15, -0.1) is 11.3 Å². The van der Waals surface area contributed by atoms with Crippen LogP contribution in [-0.4, -0.2) is 39.0 Å². The van der Waals surface area contributed by atoms with Crippen LogP contribution in [0.5, 0.6) is 0 Å². The van der Waals surface area contributed by atoms with Crippen molar-refractivity contribution in [2.75, 3.05) is 18.4 Å². The maximum Gasteiger partial charge on any atom is 0.240 e. The zero-order valence-electron chi connectivity index (χ0n) is 12.0. The number of carbonyl (C=O) groups is 1. The van der Waals surface area contributed by atoms with Gasteiger partial charge < -0.3 is 9.84 Å². The SMILES string of the molecule is Cc1csc(NC(=O)CN2CCCC2c2noc(C)n2)n1. The maximum absolute atomic E-state index is 12.1. The third-order valence-electron chi connectivity index (χ3n) is 3.42. The van der Waals surface area contributed by atoms with E-state index < -0.39 is 0 Å². The molecule has 1 aliphatic rings. The van der Waals surface area contributed by atoms with Crippen molar-refractivity contribution >= 4 is 22.4 Å². The number of aromatic nitrogens is 3. The average molecular weight is 307 g/mol. The van der Waals surface area contributed by atoms with Gasteiger partial charge in [-0.05, 0) is 26.3 Å². The van der Waals surface area contributed by atoms with Gasteiger partial charge in [0.2, 0.25) is 11.8 Å². The number of carbonyl (C=O) groups excluding carboxylic acids is 1. The number of rotatable bonds is 4. The molecular weight excluding hydrogens is 290 g/mol. The number of nitrogens with one attached hydrogen (secondary N) is 1. The summed E-state index contributed by atoms with van der Waals surface area (Å²) in [4.78, 5) is 22.7. The number of anilines is 1. The first-order valence-corrected chi connectivity index (χ1v) is 7.76. The van der Waals surface area contributed by atoms with Crippen LogP contribution < -0.4 is 5.32 Å². The van der Waals surface area contributed by atoms with Gasteiger partial charge in [0.05, 0.1) is 18.3 Å². The minimum Gasteiger partial charge on any atom is -0.340 e. The molecule has 112 valence electrons. The zero-order chi connectivity index (χ0) is 14.8. The molecule has 1 unspecified atom stereocenters. The molecule has 1 fully saturated rings. The van der Waals surface area contributed by atoms with Crippen LogP contribution in [0.25, 0.3) is 0 Å². The molecule has 1 saturated heterocycles. The second-order valence-corrected chi connectivity index (χ2v) is 6.00. The average Bonchev–Trinajstić information content (AvgIpc) is 3.12. The normalized spacial score (nSPS) is 19.0. The molecule has 1 atom stereocenters. The lowest BCUT2D eigenvalue weighted by Crippen LogP contribution is -2.33. The van der Waals surface area contributed by atoms with Crippen molar-refractivity contribution in [3.05, 3.63) is 22.8 Å². The molecule has 0 radical (unpaired) electrons. The summed E-state index contributed by atoms with van der Waals surface area (Å²) in [5, 5.41) is 9.36. The van der Waals surface area contributed by atoms with E-state index in [4.69, 9.17) is 4.52 Å². The minimum absolute atomic E-state index is 0.0588. The Balaban J connectivity index is 1.62. The van der Waals surface area contributed by atoms with Gasteiger partial charge in [-0.3, -0.25) is 9.69 Å². The highest BCUT2D eigenvalue weighted by Crippen LogP contribution is 2.29. The van der Waals surface area contributed by atoms with Crippen LogP contribution in [0.15, 0.2) is 9.90 Å². The van der Waals surface area contributed by atoms with Crippen molar-refractivity contribution in [2.45, 2.75) is 32.7 Å². The number of hydrogen-bond acceptors (Lipinski definition) is 7. The monoisotopic (exact) mass is 307 g/mol. The fourth-order valence-corrected chi connectivity index (χ4v) is 3.22. The van der Waals surface area contributed by atoms with Crippen molar-refractivity contribution in [2.24, 2.45) is 0 Å². The molecule has 0 bridgehead atoms. The predicted molar refractivity (Wildman–Crippen MR) is 78.1 cm³/mol. The fraction of sp³-hybridized carbons (Fsp3) is 0.538. The number of thiazole rings is 1. The predicted octanol–water partition coefficient (Wildman–Crippen LogP) is 1.92. The molecule has 8 heteroatoms. The van der Waals surface area contributed by atoms with Gasteiger partial charge >= 0.3 is 0 Å². The fourth-order valence-electron chi connectivity index (χ4n) is 2.51. The first kappa shape index (κ1) is 14.2. The molecular formula is C13H17N5O2S. The van der Waals surface area contributed by atoms with Gasteiger partial charge in [0, 0.05) is 12.3 Å². The smallest absolute Gasteiger partial charge is 0.240 e. The largest absolute Gasteiger partial charge is 0.340 e. The number of nitrogens with zero attached hydrogens (tertiary/aromatic N) is 4. The number of amides is 1. The van der Waals surface area contributed by atoms with Crippen molar-refractivity contribution in [3.8, 4) is 0 Å². The van der Waals surface area contributed by atoms with Crippen LogP contribution in [0, 0.1) is 13.8 Å². The molecule has 21 heavy (non-hydrogen) atoms. The van der Waals surface area contributed by atoms with E-state index in [2.05, 4.69) is 25.3 Å². The van der Waals surface area contributed by atoms with Crippen LogP contribution in [-0.2, 0) is 4.79 Å². The van der Waals surface area contributed by atoms with Crippen LogP contribution in [0.2, 0.25) is 0 Å². The lowest BCUT2D eigenvalue weighted by molar-refractivity contribution is -0.117. The molecule has 2 aromatic rings. The van der Waals surface area contributed by atoms with Gasteiger partial charge in [-0.1, -0.05) is 5.16 Å². The lowest BCUT2D eigenvalue weighted by Gasteiger charge is -2.20. The van der Waals surface area contributed by atoms with Gasteiger partial charge in [0.15, 0.2) is 11.0 Å². The molecule has 3 heterocycles. The number of likely N-dealkylation sites (tertiary alicyclic amines) is 1. The molecule has 2 aromatic heterocycles. The highest BCUT2D eigenvalue weighted by molar-refractivity contribution is 7.13. The number of aryl methyl sites for hydroxylation is 2. The van der Waals surface area contributed by atoms with Crippen LogP contribution >= 0.6 is 11.3 Å². The quantitative estimate of drug-likeness (QED) is 0.929. The van der Waals surface area contributed by atoms with E-state index in [0.29, 0.717) is 23.4 Å². The van der Waals surface area contributed by atoms with Crippen LogP contribution in [0.1, 0.15) is 36.3 Å². The van der Waals surface area contributed by atoms with Gasteiger partial charge in [0.25, 0.3) is 0 Å². The van der Waals surface area contributed by atoms with E-state index in [1.165, 1.54) is 11.3 Å². The first-order chi connectivity index (χ1) is 10.1. The third kappa shape index (κ3) is 3.27. The van der Waals surface area contributed by atoms with E-state index in [-0.39, 0.29) is 11.9 Å². The Hall–Kier alpha value is -1.80. The third-order valence-corrected chi connectivity index (χ3v) is 4.29. The highest BCUT2D eigenvalue weighted by atomic mass is 32.1. The van der Waals surface area contributed by atoms with Crippen LogP contribution in [0.4, 0.5) is 5.13 Å². The summed E-state index contributed by atoms with van der Waals surface area (Å²) in [5.74, 6) is 1.17. The Bertz CT molecular complexity index is 638. The second kappa shape index (κ2) is 5.90. The Morgan fingerprint density at radius 1 is 1.52 bits per heavy atom. The topological polar surface area (TPSA) is 84.2 Å². The molecule has 0 spiro atoms. The van der Waals surface area contributed by atoms with E-state index in [1.54, 1.807) is 6.92 Å². The summed E-state index contributed by atoms with van der Waals surface area (Å²) >= 11 is 1.44. The summed E-state index contributed by atoms with van der Waals surface area (Å²) in [6.45, 7) is 4.86. The van der Waals surface area contributed by atoms with Gasteiger partial charge in [-0.25, -0.2) is 4.98 Å². The second-order valence-electron chi connectivity index (χ2n) is 5.14. The van der Waals surface area contributed by atoms with Crippen molar-refractivity contribution < 1.29 is 9.32 Å². The van der Waals surface area contributed by atoms with Crippen LogP contribution in [0.3, 0.4) is 0 Å². The minimum atomic E-state index is -0.0588. The summed E-state index contributed by atoms with van der Waals surface area (Å²) < 4.78 is 5.03. The van der Waals surface area contributed by atoms with Gasteiger partial charge in [-0.2, -0.15) is 4.98 Å². The Morgan fingerprint density at radius 3 is 3.05 bits per heavy atom. The van der Waals surface area contributed by atoms with E-state index in [1.807, 2.05) is 12.3 Å². The first-order valence-electron chi connectivity index (χ1n) is 6.88. The number of hydrogen-bond donors (Lipinski definition) is 1. The van der Waals surface area contributed by atoms with E-state index >= 15 is 0 Å². The summed E-state index contributed by atoms with van der Waals surface area (Å²) in [5.41, 5.74) is 0.914. The molecule has 1 amide bonds. The molecule has 0 aliphatic carbocycles. The molecule has 1 aliphatic heterocycles.